The molecule has 0 atom stereocenters. The van der Waals surface area contributed by atoms with E-state index in [-0.39, 0.29) is 10.6 Å². The molecule has 0 aliphatic heterocycles. The molecule has 0 spiro atoms. The maximum absolute atomic E-state index is 11.0. The molecule has 2 rings (SSSR count). The zero-order valence-electron chi connectivity index (χ0n) is 10.8. The molecule has 1 N–H and O–H groups in total. The molecule has 5 nitrogen and oxygen atoms in total. The molecule has 1 aromatic carbocycles. The van der Waals surface area contributed by atoms with Gasteiger partial charge in [-0.25, -0.2) is 4.98 Å². The number of aryl methyl sites for hydroxylation is 2. The van der Waals surface area contributed by atoms with Crippen molar-refractivity contribution in [2.45, 2.75) is 26.8 Å². The second-order valence-corrected chi connectivity index (χ2v) is 5.40. The van der Waals surface area contributed by atoms with E-state index in [0.717, 1.165) is 21.9 Å². The van der Waals surface area contributed by atoms with Gasteiger partial charge in [-0.2, -0.15) is 0 Å². The third kappa shape index (κ3) is 3.29. The van der Waals surface area contributed by atoms with Crippen molar-refractivity contribution < 1.29 is 4.92 Å². The summed E-state index contributed by atoms with van der Waals surface area (Å²) in [5.74, 6) is 0. The fourth-order valence-electron chi connectivity index (χ4n) is 1.73. The molecule has 19 heavy (non-hydrogen) atoms. The van der Waals surface area contributed by atoms with Gasteiger partial charge in [-0.3, -0.25) is 10.1 Å². The van der Waals surface area contributed by atoms with Gasteiger partial charge in [-0.1, -0.05) is 13.0 Å². The topological polar surface area (TPSA) is 68.1 Å². The minimum absolute atomic E-state index is 0.103. The number of hydrogen-bond acceptors (Lipinski definition) is 5. The second kappa shape index (κ2) is 5.79. The second-order valence-electron chi connectivity index (χ2n) is 4.21. The molecule has 0 fully saturated rings. The van der Waals surface area contributed by atoms with Gasteiger partial charge in [0.2, 0.25) is 0 Å². The van der Waals surface area contributed by atoms with Crippen LogP contribution in [-0.2, 0) is 13.0 Å². The first-order valence-corrected chi connectivity index (χ1v) is 6.84. The minimum Gasteiger partial charge on any atom is -0.375 e. The largest absolute Gasteiger partial charge is 0.375 e. The molecule has 1 aromatic heterocycles. The summed E-state index contributed by atoms with van der Waals surface area (Å²) in [6.07, 6.45) is 2.73. The van der Waals surface area contributed by atoms with Crippen molar-refractivity contribution in [1.29, 1.82) is 0 Å². The van der Waals surface area contributed by atoms with Crippen LogP contribution in [0.5, 0.6) is 0 Å². The first-order chi connectivity index (χ1) is 9.10. The van der Waals surface area contributed by atoms with Gasteiger partial charge in [0.15, 0.2) is 0 Å². The number of anilines is 1. The summed E-state index contributed by atoms with van der Waals surface area (Å²) in [5, 5.41) is 15.1. The SMILES string of the molecule is CCc1ncc(CNc2cc(C)ccc2[N+](=O)[O-])s1. The normalized spacial score (nSPS) is 10.4. The molecule has 0 bridgehead atoms. The van der Waals surface area contributed by atoms with Gasteiger partial charge in [0, 0.05) is 17.1 Å². The Bertz CT molecular complexity index is 595. The van der Waals surface area contributed by atoms with E-state index in [1.54, 1.807) is 23.5 Å². The van der Waals surface area contributed by atoms with Crippen LogP contribution in [0.4, 0.5) is 11.4 Å². The smallest absolute Gasteiger partial charge is 0.292 e. The van der Waals surface area contributed by atoms with E-state index in [0.29, 0.717) is 12.2 Å². The minimum atomic E-state index is -0.369. The molecule has 6 heteroatoms. The lowest BCUT2D eigenvalue weighted by molar-refractivity contribution is -0.384. The summed E-state index contributed by atoms with van der Waals surface area (Å²) < 4.78 is 0. The standard InChI is InChI=1S/C13H15N3O2S/c1-3-13-15-8-10(19-13)7-14-11-6-9(2)4-5-12(11)16(17)18/h4-6,8,14H,3,7H2,1-2H3. The Morgan fingerprint density at radius 1 is 1.47 bits per heavy atom. The number of rotatable bonds is 5. The van der Waals surface area contributed by atoms with E-state index >= 15 is 0 Å². The first kappa shape index (κ1) is 13.5. The lowest BCUT2D eigenvalue weighted by atomic mass is 10.2. The van der Waals surface area contributed by atoms with E-state index in [2.05, 4.69) is 17.2 Å². The maximum atomic E-state index is 11.0. The fraction of sp³-hybridized carbons (Fsp3) is 0.308. The van der Waals surface area contributed by atoms with Gasteiger partial charge in [0.25, 0.3) is 5.69 Å². The maximum Gasteiger partial charge on any atom is 0.292 e. The van der Waals surface area contributed by atoms with Crippen molar-refractivity contribution >= 4 is 22.7 Å². The molecule has 1 heterocycles. The number of thiazole rings is 1. The predicted octanol–water partition coefficient (Wildman–Crippen LogP) is 3.53. The monoisotopic (exact) mass is 277 g/mol. The van der Waals surface area contributed by atoms with Crippen molar-refractivity contribution in [2.24, 2.45) is 0 Å². The molecular weight excluding hydrogens is 262 g/mol. The van der Waals surface area contributed by atoms with Crippen LogP contribution in [-0.4, -0.2) is 9.91 Å². The molecule has 100 valence electrons. The molecule has 0 aliphatic rings. The highest BCUT2D eigenvalue weighted by atomic mass is 32.1. The van der Waals surface area contributed by atoms with Crippen molar-refractivity contribution in [3.63, 3.8) is 0 Å². The highest BCUT2D eigenvalue weighted by Crippen LogP contribution is 2.26. The van der Waals surface area contributed by atoms with Gasteiger partial charge >= 0.3 is 0 Å². The first-order valence-electron chi connectivity index (χ1n) is 6.02. The van der Waals surface area contributed by atoms with E-state index in [1.807, 2.05) is 13.1 Å². The van der Waals surface area contributed by atoms with Crippen LogP contribution in [0.25, 0.3) is 0 Å². The summed E-state index contributed by atoms with van der Waals surface area (Å²) in [6, 6.07) is 5.06. The average molecular weight is 277 g/mol. The van der Waals surface area contributed by atoms with Crippen LogP contribution in [0, 0.1) is 17.0 Å². The average Bonchev–Trinajstić information content (AvgIpc) is 2.84. The number of aromatic nitrogens is 1. The van der Waals surface area contributed by atoms with Crippen LogP contribution in [0.2, 0.25) is 0 Å². The summed E-state index contributed by atoms with van der Waals surface area (Å²) in [7, 11) is 0. The van der Waals surface area contributed by atoms with Crippen LogP contribution < -0.4 is 5.32 Å². The zero-order valence-corrected chi connectivity index (χ0v) is 11.7. The van der Waals surface area contributed by atoms with Crippen molar-refractivity contribution in [2.75, 3.05) is 5.32 Å². The molecule has 0 unspecified atom stereocenters. The molecule has 2 aromatic rings. The third-order valence-corrected chi connectivity index (χ3v) is 3.85. The lowest BCUT2D eigenvalue weighted by Crippen LogP contribution is -2.01. The van der Waals surface area contributed by atoms with Crippen molar-refractivity contribution in [3.8, 4) is 0 Å². The van der Waals surface area contributed by atoms with Gasteiger partial charge in [0.1, 0.15) is 5.69 Å². The van der Waals surface area contributed by atoms with Crippen LogP contribution in [0.1, 0.15) is 22.4 Å². The Morgan fingerprint density at radius 2 is 2.26 bits per heavy atom. The van der Waals surface area contributed by atoms with Crippen LogP contribution in [0.3, 0.4) is 0 Å². The van der Waals surface area contributed by atoms with Gasteiger partial charge < -0.3 is 5.32 Å². The van der Waals surface area contributed by atoms with E-state index < -0.39 is 0 Å². The Kier molecular flexibility index (Phi) is 4.11. The van der Waals surface area contributed by atoms with Crippen LogP contribution >= 0.6 is 11.3 Å². The number of hydrogen-bond donors (Lipinski definition) is 1. The number of nitro benzene ring substituents is 1. The highest BCUT2D eigenvalue weighted by Gasteiger charge is 2.13. The summed E-state index contributed by atoms with van der Waals surface area (Å²) >= 11 is 1.63. The molecule has 0 saturated heterocycles. The Balaban J connectivity index is 2.14. The Labute approximate surface area is 115 Å². The Morgan fingerprint density at radius 3 is 2.89 bits per heavy atom. The molecule has 0 aliphatic carbocycles. The van der Waals surface area contributed by atoms with E-state index in [4.69, 9.17) is 0 Å². The lowest BCUT2D eigenvalue weighted by Gasteiger charge is -2.06. The fourth-order valence-corrected chi connectivity index (χ4v) is 2.53. The van der Waals surface area contributed by atoms with E-state index in [9.17, 15) is 10.1 Å². The zero-order chi connectivity index (χ0) is 13.8. The summed E-state index contributed by atoms with van der Waals surface area (Å²) in [4.78, 5) is 15.9. The van der Waals surface area contributed by atoms with Crippen LogP contribution in [0.15, 0.2) is 24.4 Å². The number of nitrogens with one attached hydrogen (secondary N) is 1. The molecule has 0 radical (unpaired) electrons. The van der Waals surface area contributed by atoms with Gasteiger partial charge in [-0.05, 0) is 25.0 Å². The van der Waals surface area contributed by atoms with Gasteiger partial charge in [-0.15, -0.1) is 11.3 Å². The number of nitrogens with zero attached hydrogens (tertiary/aromatic N) is 2. The summed E-state index contributed by atoms with van der Waals surface area (Å²) in [6.45, 7) is 4.53. The number of benzene rings is 1. The third-order valence-electron chi connectivity index (χ3n) is 2.71. The van der Waals surface area contributed by atoms with Gasteiger partial charge in [0.05, 0.1) is 16.5 Å². The van der Waals surface area contributed by atoms with Crippen molar-refractivity contribution in [1.82, 2.24) is 4.98 Å². The number of nitro groups is 1. The van der Waals surface area contributed by atoms with Crippen molar-refractivity contribution in [3.05, 3.63) is 50.0 Å². The summed E-state index contributed by atoms with van der Waals surface area (Å²) in [5.41, 5.74) is 1.65. The predicted molar refractivity (Wildman–Crippen MR) is 76.7 cm³/mol. The van der Waals surface area contributed by atoms with E-state index in [1.165, 1.54) is 6.07 Å². The molecule has 0 saturated carbocycles. The molecular formula is C13H15N3O2S. The Hall–Kier alpha value is -1.95. The molecule has 0 amide bonds. The highest BCUT2D eigenvalue weighted by molar-refractivity contribution is 7.11. The quantitative estimate of drug-likeness (QED) is 0.670.